The van der Waals surface area contributed by atoms with Crippen LogP contribution in [-0.4, -0.2) is 28.8 Å². The molecule has 0 bridgehead atoms. The van der Waals surface area contributed by atoms with Crippen molar-refractivity contribution in [1.82, 2.24) is 9.78 Å². The van der Waals surface area contributed by atoms with Crippen LogP contribution in [0, 0.1) is 5.92 Å². The molecule has 0 radical (unpaired) electrons. The fraction of sp³-hybridized carbons (Fsp3) is 0.353. The van der Waals surface area contributed by atoms with E-state index in [1.54, 1.807) is 0 Å². The van der Waals surface area contributed by atoms with Crippen LogP contribution in [0.4, 0.5) is 14.5 Å². The first-order valence-corrected chi connectivity index (χ1v) is 7.67. The van der Waals surface area contributed by atoms with Gasteiger partial charge in [0.15, 0.2) is 0 Å². The Hall–Kier alpha value is -2.77. The van der Waals surface area contributed by atoms with Crippen LogP contribution in [-0.2, 0) is 11.3 Å². The second-order valence-corrected chi connectivity index (χ2v) is 5.85. The Balaban J connectivity index is 2.26. The molecule has 1 aromatic heterocycles. The zero-order valence-corrected chi connectivity index (χ0v) is 14.1. The van der Waals surface area contributed by atoms with E-state index < -0.39 is 18.3 Å². The highest BCUT2D eigenvalue weighted by atomic mass is 19.3. The molecule has 0 spiro atoms. The monoisotopic (exact) mass is 351 g/mol. The number of alkyl halides is 2. The van der Waals surface area contributed by atoms with Gasteiger partial charge < -0.3 is 10.1 Å². The average molecular weight is 351 g/mol. The molecule has 0 atom stereocenters. The zero-order valence-electron chi connectivity index (χ0n) is 14.1. The minimum atomic E-state index is -2.78. The normalized spacial score (nSPS) is 11.0. The van der Waals surface area contributed by atoms with Crippen molar-refractivity contribution in [2.24, 2.45) is 5.92 Å². The summed E-state index contributed by atoms with van der Waals surface area (Å²) in [4.78, 5) is 23.9. The molecular weight excluding hydrogens is 332 g/mol. The van der Waals surface area contributed by atoms with E-state index in [2.05, 4.69) is 15.2 Å². The van der Waals surface area contributed by atoms with Crippen LogP contribution in [0.1, 0.15) is 46.7 Å². The summed E-state index contributed by atoms with van der Waals surface area (Å²) in [5.41, 5.74) is -0.0465. The number of esters is 1. The Morgan fingerprint density at radius 1 is 1.28 bits per heavy atom. The Labute approximate surface area is 143 Å². The summed E-state index contributed by atoms with van der Waals surface area (Å²) in [6, 6.07) is 5.81. The lowest BCUT2D eigenvalue weighted by Crippen LogP contribution is -2.15. The number of rotatable bonds is 6. The molecule has 0 aliphatic heterocycles. The number of anilines is 1. The third-order valence-corrected chi connectivity index (χ3v) is 3.42. The third kappa shape index (κ3) is 4.40. The summed E-state index contributed by atoms with van der Waals surface area (Å²) in [6.45, 7) is 4.08. The quantitative estimate of drug-likeness (QED) is 0.808. The molecule has 0 fully saturated rings. The third-order valence-electron chi connectivity index (χ3n) is 3.42. The predicted molar refractivity (Wildman–Crippen MR) is 87.8 cm³/mol. The van der Waals surface area contributed by atoms with Crippen molar-refractivity contribution in [2.45, 2.75) is 26.8 Å². The Morgan fingerprint density at radius 3 is 2.56 bits per heavy atom. The second kappa shape index (κ2) is 7.87. The number of nitrogens with one attached hydrogen (secondary N) is 1. The van der Waals surface area contributed by atoms with Gasteiger partial charge in [-0.05, 0) is 24.1 Å². The minimum absolute atomic E-state index is 0.0517. The highest BCUT2D eigenvalue weighted by molar-refractivity contribution is 6.05. The van der Waals surface area contributed by atoms with E-state index in [1.807, 2.05) is 13.8 Å². The summed E-state index contributed by atoms with van der Waals surface area (Å²) in [5.74, 6) is -1.08. The highest BCUT2D eigenvalue weighted by Crippen LogP contribution is 2.28. The van der Waals surface area contributed by atoms with E-state index in [0.717, 1.165) is 0 Å². The van der Waals surface area contributed by atoms with Gasteiger partial charge in [0, 0.05) is 12.1 Å². The first-order valence-electron chi connectivity index (χ1n) is 7.67. The molecule has 0 aliphatic carbocycles. The van der Waals surface area contributed by atoms with E-state index in [9.17, 15) is 18.4 Å². The first-order chi connectivity index (χ1) is 11.8. The maximum absolute atomic E-state index is 13.4. The minimum Gasteiger partial charge on any atom is -0.465 e. The first kappa shape index (κ1) is 18.6. The van der Waals surface area contributed by atoms with Crippen molar-refractivity contribution in [1.29, 1.82) is 0 Å². The van der Waals surface area contributed by atoms with E-state index in [-0.39, 0.29) is 28.4 Å². The standard InChI is InChI=1S/C17H19F2N3O3/c1-10(2)9-22-14(15(18)19)13(8-20-22)21-16(23)11-5-4-6-12(7-11)17(24)25-3/h4-8,10,15H,9H2,1-3H3,(H,21,23). The summed E-state index contributed by atoms with van der Waals surface area (Å²) < 4.78 is 32.5. The molecule has 2 aromatic rings. The van der Waals surface area contributed by atoms with Gasteiger partial charge >= 0.3 is 5.97 Å². The number of carbonyl (C=O) groups is 2. The SMILES string of the molecule is COC(=O)c1cccc(C(=O)Nc2cnn(CC(C)C)c2C(F)F)c1. The lowest BCUT2D eigenvalue weighted by molar-refractivity contribution is 0.0600. The van der Waals surface area contributed by atoms with Gasteiger partial charge in [0.25, 0.3) is 12.3 Å². The van der Waals surface area contributed by atoms with Gasteiger partial charge in [0.05, 0.1) is 24.6 Å². The fourth-order valence-electron chi connectivity index (χ4n) is 2.31. The number of methoxy groups -OCH3 is 1. The molecule has 0 saturated heterocycles. The molecular formula is C17H19F2N3O3. The molecule has 6 nitrogen and oxygen atoms in total. The summed E-state index contributed by atoms with van der Waals surface area (Å²) >= 11 is 0. The number of benzene rings is 1. The van der Waals surface area contributed by atoms with E-state index in [0.29, 0.717) is 6.54 Å². The van der Waals surface area contributed by atoms with Crippen LogP contribution in [0.2, 0.25) is 0 Å². The molecule has 1 heterocycles. The summed E-state index contributed by atoms with van der Waals surface area (Å²) in [6.07, 6.45) is -1.58. The fourth-order valence-corrected chi connectivity index (χ4v) is 2.31. The van der Waals surface area contributed by atoms with Crippen LogP contribution < -0.4 is 5.32 Å². The van der Waals surface area contributed by atoms with Crippen molar-refractivity contribution in [2.75, 3.05) is 12.4 Å². The van der Waals surface area contributed by atoms with Gasteiger partial charge in [-0.2, -0.15) is 5.10 Å². The molecule has 1 N–H and O–H groups in total. The van der Waals surface area contributed by atoms with E-state index in [1.165, 1.54) is 42.3 Å². The second-order valence-electron chi connectivity index (χ2n) is 5.85. The predicted octanol–water partition coefficient (Wildman–Crippen LogP) is 3.52. The van der Waals surface area contributed by atoms with Gasteiger partial charge in [0.2, 0.25) is 0 Å². The largest absolute Gasteiger partial charge is 0.465 e. The number of nitrogens with zero attached hydrogens (tertiary/aromatic N) is 2. The Kier molecular flexibility index (Phi) is 5.84. The molecule has 0 saturated carbocycles. The van der Waals surface area contributed by atoms with Gasteiger partial charge in [-0.3, -0.25) is 9.48 Å². The van der Waals surface area contributed by atoms with Crippen LogP contribution in [0.3, 0.4) is 0 Å². The lowest BCUT2D eigenvalue weighted by Gasteiger charge is -2.11. The van der Waals surface area contributed by atoms with Crippen molar-refractivity contribution in [3.05, 3.63) is 47.3 Å². The smallest absolute Gasteiger partial charge is 0.337 e. The number of aromatic nitrogens is 2. The average Bonchev–Trinajstić information content (AvgIpc) is 2.95. The molecule has 134 valence electrons. The Bertz CT molecular complexity index is 772. The number of hydrogen-bond acceptors (Lipinski definition) is 4. The number of carbonyl (C=O) groups excluding carboxylic acids is 2. The van der Waals surface area contributed by atoms with Crippen molar-refractivity contribution in [3.63, 3.8) is 0 Å². The van der Waals surface area contributed by atoms with E-state index in [4.69, 9.17) is 0 Å². The van der Waals surface area contributed by atoms with Crippen LogP contribution >= 0.6 is 0 Å². The zero-order chi connectivity index (χ0) is 18.6. The lowest BCUT2D eigenvalue weighted by atomic mass is 10.1. The van der Waals surface area contributed by atoms with E-state index >= 15 is 0 Å². The van der Waals surface area contributed by atoms with Crippen LogP contribution in [0.5, 0.6) is 0 Å². The summed E-state index contributed by atoms with van der Waals surface area (Å²) in [7, 11) is 1.23. The van der Waals surface area contributed by atoms with Crippen LogP contribution in [0.25, 0.3) is 0 Å². The highest BCUT2D eigenvalue weighted by Gasteiger charge is 2.22. The topological polar surface area (TPSA) is 73.2 Å². The molecule has 1 aromatic carbocycles. The van der Waals surface area contributed by atoms with Crippen LogP contribution in [0.15, 0.2) is 30.5 Å². The molecule has 8 heteroatoms. The molecule has 0 unspecified atom stereocenters. The van der Waals surface area contributed by atoms with Gasteiger partial charge in [-0.25, -0.2) is 13.6 Å². The van der Waals surface area contributed by atoms with Gasteiger partial charge in [-0.1, -0.05) is 19.9 Å². The molecule has 25 heavy (non-hydrogen) atoms. The summed E-state index contributed by atoms with van der Waals surface area (Å²) in [5, 5.41) is 6.36. The number of halogens is 2. The van der Waals surface area contributed by atoms with Crippen molar-refractivity contribution >= 4 is 17.6 Å². The van der Waals surface area contributed by atoms with Crippen molar-refractivity contribution < 1.29 is 23.1 Å². The maximum Gasteiger partial charge on any atom is 0.337 e. The van der Waals surface area contributed by atoms with Gasteiger partial charge in [0.1, 0.15) is 5.69 Å². The maximum atomic E-state index is 13.4. The number of amides is 1. The number of hydrogen-bond donors (Lipinski definition) is 1. The Morgan fingerprint density at radius 2 is 1.96 bits per heavy atom. The van der Waals surface area contributed by atoms with Gasteiger partial charge in [-0.15, -0.1) is 0 Å². The molecule has 1 amide bonds. The van der Waals surface area contributed by atoms with Crippen molar-refractivity contribution in [3.8, 4) is 0 Å². The molecule has 0 aliphatic rings. The number of ether oxygens (including phenoxy) is 1. The molecule has 2 rings (SSSR count).